The summed E-state index contributed by atoms with van der Waals surface area (Å²) in [6.07, 6.45) is 1.97. The number of hydrazone groups is 1. The first-order valence-electron chi connectivity index (χ1n) is 9.26. The third-order valence-corrected chi connectivity index (χ3v) is 5.07. The smallest absolute Gasteiger partial charge is 0.0542 e. The largest absolute Gasteiger partial charge is 0.295 e. The van der Waals surface area contributed by atoms with Gasteiger partial charge in [-0.15, -0.1) is 0 Å². The third-order valence-electron chi connectivity index (χ3n) is 4.81. The summed E-state index contributed by atoms with van der Waals surface area (Å²) in [7, 11) is 0. The highest BCUT2D eigenvalue weighted by Gasteiger charge is 2.15. The van der Waals surface area contributed by atoms with Gasteiger partial charge in [0.1, 0.15) is 0 Å². The average molecular weight is 370 g/mol. The zero-order valence-corrected chi connectivity index (χ0v) is 16.7. The molecule has 4 heteroatoms. The Labute approximate surface area is 162 Å². The lowest BCUT2D eigenvalue weighted by molar-refractivity contribution is 0.131. The van der Waals surface area contributed by atoms with Crippen LogP contribution >= 0.6 is 11.6 Å². The molecule has 0 spiro atoms. The van der Waals surface area contributed by atoms with Crippen molar-refractivity contribution in [1.82, 2.24) is 9.91 Å². The molecule has 0 saturated carbocycles. The van der Waals surface area contributed by atoms with Crippen molar-refractivity contribution in [3.05, 3.63) is 70.2 Å². The molecular formula is C22H28ClN3. The first kappa shape index (κ1) is 18.9. The highest BCUT2D eigenvalue weighted by molar-refractivity contribution is 6.30. The first-order chi connectivity index (χ1) is 12.4. The standard InChI is InChI=1S/C22H28ClN3/c1-22(2,3)20-8-4-18(5-9-20)16-24-26-14-12-25(13-15-26)17-19-6-10-21(23)11-7-19/h4-11,16H,12-15,17H2,1-3H3/b24-16-. The Balaban J connectivity index is 1.49. The average Bonchev–Trinajstić information content (AvgIpc) is 2.63. The Hall–Kier alpha value is -1.84. The van der Waals surface area contributed by atoms with Gasteiger partial charge in [-0.2, -0.15) is 5.10 Å². The normalized spacial score (nSPS) is 16.4. The van der Waals surface area contributed by atoms with Gasteiger partial charge < -0.3 is 0 Å². The van der Waals surface area contributed by atoms with Crippen LogP contribution in [0.15, 0.2) is 53.6 Å². The highest BCUT2D eigenvalue weighted by Crippen LogP contribution is 2.21. The minimum absolute atomic E-state index is 0.191. The Kier molecular flexibility index (Phi) is 6.00. The first-order valence-corrected chi connectivity index (χ1v) is 9.64. The second-order valence-corrected chi connectivity index (χ2v) is 8.41. The predicted octanol–water partition coefficient (Wildman–Crippen LogP) is 4.79. The molecule has 1 heterocycles. The minimum atomic E-state index is 0.191. The highest BCUT2D eigenvalue weighted by atomic mass is 35.5. The zero-order valence-electron chi connectivity index (χ0n) is 16.0. The number of piperazine rings is 1. The number of hydrogen-bond donors (Lipinski definition) is 0. The van der Waals surface area contributed by atoms with E-state index in [2.05, 4.69) is 72.2 Å². The Morgan fingerprint density at radius 2 is 1.54 bits per heavy atom. The van der Waals surface area contributed by atoms with Gasteiger partial charge in [0.25, 0.3) is 0 Å². The van der Waals surface area contributed by atoms with E-state index in [0.717, 1.165) is 43.3 Å². The summed E-state index contributed by atoms with van der Waals surface area (Å²) in [5, 5.41) is 7.62. The van der Waals surface area contributed by atoms with Crippen molar-refractivity contribution in [2.45, 2.75) is 32.7 Å². The molecule has 1 aliphatic heterocycles. The van der Waals surface area contributed by atoms with Crippen LogP contribution in [0, 0.1) is 0 Å². The molecule has 0 aliphatic carbocycles. The topological polar surface area (TPSA) is 18.8 Å². The van der Waals surface area contributed by atoms with Crippen LogP contribution in [0.5, 0.6) is 0 Å². The molecule has 2 aromatic carbocycles. The molecule has 0 radical (unpaired) electrons. The van der Waals surface area contributed by atoms with E-state index in [9.17, 15) is 0 Å². The van der Waals surface area contributed by atoms with Crippen LogP contribution in [-0.2, 0) is 12.0 Å². The van der Waals surface area contributed by atoms with Crippen molar-refractivity contribution in [3.63, 3.8) is 0 Å². The monoisotopic (exact) mass is 369 g/mol. The summed E-state index contributed by atoms with van der Waals surface area (Å²) in [5.74, 6) is 0. The van der Waals surface area contributed by atoms with E-state index >= 15 is 0 Å². The van der Waals surface area contributed by atoms with Crippen molar-refractivity contribution in [3.8, 4) is 0 Å². The second-order valence-electron chi connectivity index (χ2n) is 7.97. The van der Waals surface area contributed by atoms with Crippen molar-refractivity contribution in [2.24, 2.45) is 5.10 Å². The van der Waals surface area contributed by atoms with Gasteiger partial charge in [-0.3, -0.25) is 9.91 Å². The van der Waals surface area contributed by atoms with E-state index in [-0.39, 0.29) is 5.41 Å². The molecule has 138 valence electrons. The van der Waals surface area contributed by atoms with E-state index < -0.39 is 0 Å². The fourth-order valence-electron chi connectivity index (χ4n) is 3.08. The van der Waals surface area contributed by atoms with Gasteiger partial charge >= 0.3 is 0 Å². The van der Waals surface area contributed by atoms with Gasteiger partial charge in [0.05, 0.1) is 6.21 Å². The molecule has 1 aliphatic rings. The third kappa shape index (κ3) is 5.33. The maximum Gasteiger partial charge on any atom is 0.0542 e. The van der Waals surface area contributed by atoms with Crippen LogP contribution in [0.2, 0.25) is 5.02 Å². The molecular weight excluding hydrogens is 342 g/mol. The summed E-state index contributed by atoms with van der Waals surface area (Å²) >= 11 is 5.95. The summed E-state index contributed by atoms with van der Waals surface area (Å²) in [4.78, 5) is 2.47. The van der Waals surface area contributed by atoms with Crippen molar-refractivity contribution >= 4 is 17.8 Å². The van der Waals surface area contributed by atoms with Gasteiger partial charge in [-0.1, -0.05) is 68.8 Å². The quantitative estimate of drug-likeness (QED) is 0.721. The van der Waals surface area contributed by atoms with Crippen molar-refractivity contribution in [2.75, 3.05) is 26.2 Å². The number of hydrogen-bond acceptors (Lipinski definition) is 3. The van der Waals surface area contributed by atoms with Crippen LogP contribution in [0.4, 0.5) is 0 Å². The molecule has 3 rings (SSSR count). The SMILES string of the molecule is CC(C)(C)c1ccc(/C=N\N2CCN(Cc3ccc(Cl)cc3)CC2)cc1. The van der Waals surface area contributed by atoms with E-state index in [0.29, 0.717) is 0 Å². The van der Waals surface area contributed by atoms with Gasteiger partial charge in [0.15, 0.2) is 0 Å². The maximum absolute atomic E-state index is 5.95. The molecule has 2 aromatic rings. The maximum atomic E-state index is 5.95. The fourth-order valence-corrected chi connectivity index (χ4v) is 3.20. The molecule has 0 amide bonds. The lowest BCUT2D eigenvalue weighted by atomic mass is 9.87. The van der Waals surface area contributed by atoms with Gasteiger partial charge in [-0.05, 0) is 34.2 Å². The number of benzene rings is 2. The van der Waals surface area contributed by atoms with Crippen LogP contribution in [-0.4, -0.2) is 42.3 Å². The van der Waals surface area contributed by atoms with Gasteiger partial charge in [0.2, 0.25) is 0 Å². The van der Waals surface area contributed by atoms with Crippen LogP contribution in [0.3, 0.4) is 0 Å². The van der Waals surface area contributed by atoms with Gasteiger partial charge in [-0.25, -0.2) is 0 Å². The van der Waals surface area contributed by atoms with E-state index in [1.165, 1.54) is 11.1 Å². The summed E-state index contributed by atoms with van der Waals surface area (Å²) in [6, 6.07) is 16.8. The van der Waals surface area contributed by atoms with E-state index in [4.69, 9.17) is 11.6 Å². The summed E-state index contributed by atoms with van der Waals surface area (Å²) < 4.78 is 0. The van der Waals surface area contributed by atoms with Crippen LogP contribution in [0.1, 0.15) is 37.5 Å². The Bertz CT molecular complexity index is 721. The number of halogens is 1. The lowest BCUT2D eigenvalue weighted by Gasteiger charge is -2.33. The predicted molar refractivity (Wildman–Crippen MR) is 111 cm³/mol. The fraction of sp³-hybridized carbons (Fsp3) is 0.409. The molecule has 0 unspecified atom stereocenters. The van der Waals surface area contributed by atoms with Crippen molar-refractivity contribution in [1.29, 1.82) is 0 Å². The van der Waals surface area contributed by atoms with Gasteiger partial charge in [0, 0.05) is 37.7 Å². The van der Waals surface area contributed by atoms with Crippen LogP contribution < -0.4 is 0 Å². The summed E-state index contributed by atoms with van der Waals surface area (Å²) in [5.41, 5.74) is 4.01. The van der Waals surface area contributed by atoms with Crippen LogP contribution in [0.25, 0.3) is 0 Å². The molecule has 3 nitrogen and oxygen atoms in total. The lowest BCUT2D eigenvalue weighted by Crippen LogP contribution is -2.43. The molecule has 1 fully saturated rings. The minimum Gasteiger partial charge on any atom is -0.295 e. The Morgan fingerprint density at radius 1 is 0.923 bits per heavy atom. The Morgan fingerprint density at radius 3 is 2.12 bits per heavy atom. The molecule has 26 heavy (non-hydrogen) atoms. The molecule has 0 atom stereocenters. The second kappa shape index (κ2) is 8.24. The molecule has 1 saturated heterocycles. The van der Waals surface area contributed by atoms with E-state index in [1.54, 1.807) is 0 Å². The number of nitrogens with zero attached hydrogens (tertiary/aromatic N) is 3. The molecule has 0 aromatic heterocycles. The summed E-state index contributed by atoms with van der Waals surface area (Å²) in [6.45, 7) is 11.7. The zero-order chi connectivity index (χ0) is 18.6. The molecule has 0 N–H and O–H groups in total. The van der Waals surface area contributed by atoms with E-state index in [1.807, 2.05) is 18.3 Å². The molecule has 0 bridgehead atoms. The van der Waals surface area contributed by atoms with Crippen molar-refractivity contribution < 1.29 is 0 Å². The number of rotatable bonds is 4.